The molecule has 0 aliphatic heterocycles. The summed E-state index contributed by atoms with van der Waals surface area (Å²) in [6.45, 7) is 1.68. The minimum Gasteiger partial charge on any atom is -0.490 e. The van der Waals surface area contributed by atoms with Gasteiger partial charge in [0.15, 0.2) is 18.1 Å². The first kappa shape index (κ1) is 20.2. The molecule has 142 valence electrons. The van der Waals surface area contributed by atoms with Crippen LogP contribution in [-0.2, 0) is 4.79 Å². The maximum absolute atomic E-state index is 10.7. The second-order valence-electron chi connectivity index (χ2n) is 5.12. The highest BCUT2D eigenvalue weighted by Gasteiger charge is 2.13. The number of ether oxygens (including phenoxy) is 2. The van der Waals surface area contributed by atoms with Gasteiger partial charge < -0.3 is 14.6 Å². The Bertz CT molecular complexity index is 854. The van der Waals surface area contributed by atoms with Crippen molar-refractivity contribution in [1.82, 2.24) is 0 Å². The highest BCUT2D eigenvalue weighted by molar-refractivity contribution is 9.10. The molecule has 9 nitrogen and oxygen atoms in total. The van der Waals surface area contributed by atoms with Crippen LogP contribution in [0.5, 0.6) is 11.5 Å². The third-order valence-corrected chi connectivity index (χ3v) is 3.75. The Balaban J connectivity index is 2.13. The van der Waals surface area contributed by atoms with Gasteiger partial charge in [-0.2, -0.15) is 5.10 Å². The van der Waals surface area contributed by atoms with E-state index in [9.17, 15) is 14.9 Å². The minimum atomic E-state index is -1.10. The highest BCUT2D eigenvalue weighted by atomic mass is 79.9. The molecular weight excluding hydrogens is 422 g/mol. The number of hydrazone groups is 1. The number of hydrogen-bond acceptors (Lipinski definition) is 7. The van der Waals surface area contributed by atoms with E-state index in [0.717, 1.165) is 0 Å². The molecule has 0 aromatic heterocycles. The lowest BCUT2D eigenvalue weighted by Crippen LogP contribution is -2.11. The number of anilines is 1. The van der Waals surface area contributed by atoms with Crippen LogP contribution in [-0.4, -0.2) is 35.4 Å². The molecule has 0 saturated heterocycles. The summed E-state index contributed by atoms with van der Waals surface area (Å²) in [5, 5.41) is 23.5. The second-order valence-corrected chi connectivity index (χ2v) is 5.97. The fraction of sp³-hybridized carbons (Fsp3) is 0.176. The Morgan fingerprint density at radius 2 is 2.04 bits per heavy atom. The van der Waals surface area contributed by atoms with Crippen molar-refractivity contribution in [3.8, 4) is 11.5 Å². The van der Waals surface area contributed by atoms with Crippen molar-refractivity contribution >= 4 is 39.5 Å². The number of aliphatic carboxylic acids is 1. The van der Waals surface area contributed by atoms with Gasteiger partial charge >= 0.3 is 5.97 Å². The average Bonchev–Trinajstić information content (AvgIpc) is 2.61. The fourth-order valence-corrected chi connectivity index (χ4v) is 2.61. The normalized spacial score (nSPS) is 10.6. The van der Waals surface area contributed by atoms with Gasteiger partial charge in [-0.1, -0.05) is 0 Å². The van der Waals surface area contributed by atoms with Crippen LogP contribution in [0.2, 0.25) is 0 Å². The van der Waals surface area contributed by atoms with Crippen LogP contribution < -0.4 is 14.9 Å². The Kier molecular flexibility index (Phi) is 7.12. The quantitative estimate of drug-likeness (QED) is 0.348. The van der Waals surface area contributed by atoms with Crippen LogP contribution in [0.3, 0.4) is 0 Å². The molecule has 0 spiro atoms. The molecule has 0 amide bonds. The van der Waals surface area contributed by atoms with Crippen LogP contribution in [0.25, 0.3) is 0 Å². The zero-order chi connectivity index (χ0) is 19.8. The number of carboxylic acid groups (broad SMARTS) is 1. The predicted octanol–water partition coefficient (Wildman–Crippen LogP) is 3.67. The van der Waals surface area contributed by atoms with Gasteiger partial charge in [-0.3, -0.25) is 15.5 Å². The van der Waals surface area contributed by atoms with Crippen molar-refractivity contribution in [2.45, 2.75) is 6.92 Å². The van der Waals surface area contributed by atoms with Crippen molar-refractivity contribution in [2.24, 2.45) is 5.10 Å². The number of rotatable bonds is 9. The summed E-state index contributed by atoms with van der Waals surface area (Å²) in [5.74, 6) is -0.424. The molecule has 0 aliphatic carbocycles. The third-order valence-electron chi connectivity index (χ3n) is 3.16. The monoisotopic (exact) mass is 437 g/mol. The van der Waals surface area contributed by atoms with Crippen molar-refractivity contribution in [3.05, 3.63) is 56.5 Å². The second kappa shape index (κ2) is 9.53. The number of carbonyl (C=O) groups is 1. The summed E-state index contributed by atoms with van der Waals surface area (Å²) in [6.07, 6.45) is 1.52. The first-order valence-corrected chi connectivity index (χ1v) is 8.54. The summed E-state index contributed by atoms with van der Waals surface area (Å²) >= 11 is 3.33. The van der Waals surface area contributed by atoms with Crippen LogP contribution >= 0.6 is 15.9 Å². The summed E-state index contributed by atoms with van der Waals surface area (Å²) in [6, 6.07) is 9.18. The number of nitro groups is 1. The number of nitro benzene ring substituents is 1. The lowest BCUT2D eigenvalue weighted by molar-refractivity contribution is -0.384. The molecule has 10 heteroatoms. The molecular formula is C17H16BrN3O6. The van der Waals surface area contributed by atoms with Crippen molar-refractivity contribution < 1.29 is 24.3 Å². The lowest BCUT2D eigenvalue weighted by Gasteiger charge is -2.13. The lowest BCUT2D eigenvalue weighted by atomic mass is 10.2. The van der Waals surface area contributed by atoms with Gasteiger partial charge in [0.25, 0.3) is 5.69 Å². The Labute approximate surface area is 162 Å². The minimum absolute atomic E-state index is 0.00762. The number of nitrogens with zero attached hydrogens (tertiary/aromatic N) is 2. The van der Waals surface area contributed by atoms with E-state index in [0.29, 0.717) is 33.8 Å². The van der Waals surface area contributed by atoms with E-state index < -0.39 is 17.5 Å². The molecule has 0 unspecified atom stereocenters. The Hall–Kier alpha value is -3.14. The van der Waals surface area contributed by atoms with Gasteiger partial charge in [0, 0.05) is 12.1 Å². The van der Waals surface area contributed by atoms with Gasteiger partial charge in [0.05, 0.1) is 27.9 Å². The summed E-state index contributed by atoms with van der Waals surface area (Å²) in [4.78, 5) is 20.9. The molecule has 2 aromatic rings. The van der Waals surface area contributed by atoms with Gasteiger partial charge in [-0.25, -0.2) is 4.79 Å². The van der Waals surface area contributed by atoms with Gasteiger partial charge in [0.2, 0.25) is 0 Å². The van der Waals surface area contributed by atoms with Crippen LogP contribution in [0.4, 0.5) is 11.4 Å². The average molecular weight is 438 g/mol. The maximum Gasteiger partial charge on any atom is 0.341 e. The van der Waals surface area contributed by atoms with E-state index in [-0.39, 0.29) is 5.69 Å². The smallest absolute Gasteiger partial charge is 0.341 e. The zero-order valence-electron chi connectivity index (χ0n) is 14.2. The van der Waals surface area contributed by atoms with Crippen molar-refractivity contribution in [2.75, 3.05) is 18.6 Å². The van der Waals surface area contributed by atoms with E-state index in [2.05, 4.69) is 26.5 Å². The molecule has 2 N–H and O–H groups in total. The van der Waals surface area contributed by atoms with E-state index in [1.165, 1.54) is 18.3 Å². The Morgan fingerprint density at radius 3 is 2.63 bits per heavy atom. The SMILES string of the molecule is CCOc1cc(/C=N/Nc2ccc([N+](=O)[O-])cc2)cc(Br)c1OCC(=O)O. The number of benzene rings is 2. The summed E-state index contributed by atoms with van der Waals surface area (Å²) in [7, 11) is 0. The molecule has 0 atom stereocenters. The van der Waals surface area contributed by atoms with E-state index in [1.54, 1.807) is 31.2 Å². The third kappa shape index (κ3) is 5.96. The topological polar surface area (TPSA) is 123 Å². The van der Waals surface area contributed by atoms with Crippen LogP contribution in [0, 0.1) is 10.1 Å². The van der Waals surface area contributed by atoms with Gasteiger partial charge in [0.1, 0.15) is 0 Å². The Morgan fingerprint density at radius 1 is 1.33 bits per heavy atom. The maximum atomic E-state index is 10.7. The van der Waals surface area contributed by atoms with Crippen LogP contribution in [0.1, 0.15) is 12.5 Å². The molecule has 0 fully saturated rings. The van der Waals surface area contributed by atoms with Crippen molar-refractivity contribution in [1.29, 1.82) is 0 Å². The van der Waals surface area contributed by atoms with Gasteiger partial charge in [-0.15, -0.1) is 0 Å². The molecule has 0 heterocycles. The fourth-order valence-electron chi connectivity index (χ4n) is 2.04. The molecule has 0 radical (unpaired) electrons. The van der Waals surface area contributed by atoms with E-state index in [1.807, 2.05) is 0 Å². The van der Waals surface area contributed by atoms with E-state index in [4.69, 9.17) is 14.6 Å². The van der Waals surface area contributed by atoms with Gasteiger partial charge in [-0.05, 0) is 52.7 Å². The first-order valence-electron chi connectivity index (χ1n) is 7.75. The largest absolute Gasteiger partial charge is 0.490 e. The molecule has 27 heavy (non-hydrogen) atoms. The van der Waals surface area contributed by atoms with Crippen molar-refractivity contribution in [3.63, 3.8) is 0 Å². The molecule has 0 bridgehead atoms. The standard InChI is InChI=1S/C17H16BrN3O6/c1-2-26-15-8-11(7-14(18)17(15)27-10-16(22)23)9-19-20-12-3-5-13(6-4-12)21(24)25/h3-9,20H,2,10H2,1H3,(H,22,23)/b19-9+. The molecule has 2 rings (SSSR count). The van der Waals surface area contributed by atoms with Crippen LogP contribution in [0.15, 0.2) is 46.0 Å². The highest BCUT2D eigenvalue weighted by Crippen LogP contribution is 2.36. The summed E-state index contributed by atoms with van der Waals surface area (Å²) < 4.78 is 11.3. The molecule has 0 saturated carbocycles. The number of halogens is 1. The first-order chi connectivity index (χ1) is 12.9. The molecule has 0 aliphatic rings. The number of nitrogens with one attached hydrogen (secondary N) is 1. The van der Waals surface area contributed by atoms with E-state index >= 15 is 0 Å². The summed E-state index contributed by atoms with van der Waals surface area (Å²) in [5.41, 5.74) is 4.01. The number of non-ortho nitro benzene ring substituents is 1. The zero-order valence-corrected chi connectivity index (χ0v) is 15.8. The predicted molar refractivity (Wildman–Crippen MR) is 103 cm³/mol. The number of carboxylic acids is 1. The molecule has 2 aromatic carbocycles. The number of hydrogen-bond donors (Lipinski definition) is 2.